The second-order valence-corrected chi connectivity index (χ2v) is 11.9. The first-order valence-corrected chi connectivity index (χ1v) is 14.5. The molecule has 0 radical (unpaired) electrons. The molecule has 5 rings (SSSR count). The van der Waals surface area contributed by atoms with Crippen LogP contribution in [-0.4, -0.2) is 30.1 Å². The summed E-state index contributed by atoms with van der Waals surface area (Å²) in [5.41, 5.74) is 6.66. The molecule has 6 atom stereocenters. The molecular weight excluding hydrogens is 472 g/mol. The average Bonchev–Trinajstić information content (AvgIpc) is 3.23. The topological polar surface area (TPSA) is 63.6 Å². The lowest BCUT2D eigenvalue weighted by Gasteiger charge is -2.52. The summed E-state index contributed by atoms with van der Waals surface area (Å²) in [5.74, 6) is 1.12. The quantitative estimate of drug-likeness (QED) is 0.311. The Balaban J connectivity index is 1.42. The van der Waals surface area contributed by atoms with Crippen molar-refractivity contribution in [3.8, 4) is 0 Å². The normalized spacial score (nSPS) is 31.7. The number of hydrogen-bond acceptors (Lipinski definition) is 4. The Morgan fingerprint density at radius 1 is 1.13 bits per heavy atom. The van der Waals surface area contributed by atoms with Gasteiger partial charge in [0, 0.05) is 12.3 Å². The molecule has 6 unspecified atom stereocenters. The van der Waals surface area contributed by atoms with Crippen LogP contribution in [0.1, 0.15) is 88.7 Å². The van der Waals surface area contributed by atoms with Crippen LogP contribution in [0.5, 0.6) is 0 Å². The van der Waals surface area contributed by atoms with E-state index in [-0.39, 0.29) is 35.1 Å². The van der Waals surface area contributed by atoms with Gasteiger partial charge in [-0.05, 0) is 97.0 Å². The molecule has 0 aliphatic heterocycles. The third-order valence-corrected chi connectivity index (χ3v) is 9.83. The zero-order valence-electron chi connectivity index (χ0n) is 23.1. The molecule has 0 heterocycles. The van der Waals surface area contributed by atoms with E-state index < -0.39 is 0 Å². The van der Waals surface area contributed by atoms with Crippen molar-refractivity contribution in [2.75, 3.05) is 7.11 Å². The van der Waals surface area contributed by atoms with E-state index in [1.54, 1.807) is 5.57 Å². The van der Waals surface area contributed by atoms with Crippen LogP contribution in [0.4, 0.5) is 0 Å². The van der Waals surface area contributed by atoms with Gasteiger partial charge < -0.3 is 9.84 Å². The zero-order valence-corrected chi connectivity index (χ0v) is 23.1. The maximum Gasteiger partial charge on any atom is 0.312 e. The Morgan fingerprint density at radius 2 is 1.92 bits per heavy atom. The van der Waals surface area contributed by atoms with E-state index in [4.69, 9.17) is 4.74 Å². The lowest BCUT2D eigenvalue weighted by Crippen LogP contribution is -2.45. The van der Waals surface area contributed by atoms with E-state index in [1.165, 1.54) is 23.8 Å². The molecule has 2 saturated carbocycles. The molecule has 0 spiro atoms. The molecule has 2 fully saturated rings. The number of hydrogen-bond donors (Lipinski definition) is 1. The lowest BCUT2D eigenvalue weighted by atomic mass is 9.53. The lowest BCUT2D eigenvalue weighted by molar-refractivity contribution is -0.143. The SMILES string of the molecule is CC/C=C/C(C/C=C/c1ccc(C2CC3(C)C(O)CCC3C3CCC4=CC(=O)CCC4=C23)cc1)C(=O)OC. The number of fused-ring (bicyclic) bond motifs is 4. The molecule has 4 aliphatic rings. The third-order valence-electron chi connectivity index (χ3n) is 9.83. The van der Waals surface area contributed by atoms with E-state index in [0.29, 0.717) is 24.7 Å². The van der Waals surface area contributed by atoms with Crippen molar-refractivity contribution in [2.45, 2.75) is 83.7 Å². The molecule has 0 aromatic heterocycles. The van der Waals surface area contributed by atoms with E-state index in [9.17, 15) is 14.7 Å². The smallest absolute Gasteiger partial charge is 0.312 e. The van der Waals surface area contributed by atoms with Gasteiger partial charge in [-0.2, -0.15) is 0 Å². The Labute approximate surface area is 227 Å². The van der Waals surface area contributed by atoms with Gasteiger partial charge in [0.25, 0.3) is 0 Å². The second-order valence-electron chi connectivity index (χ2n) is 11.9. The summed E-state index contributed by atoms with van der Waals surface area (Å²) in [6.07, 6.45) is 17.8. The minimum atomic E-state index is -0.259. The van der Waals surface area contributed by atoms with Gasteiger partial charge in [0.15, 0.2) is 5.78 Å². The van der Waals surface area contributed by atoms with Crippen LogP contribution in [0.2, 0.25) is 0 Å². The highest BCUT2D eigenvalue weighted by Gasteiger charge is 2.56. The summed E-state index contributed by atoms with van der Waals surface area (Å²) in [6.45, 7) is 4.38. The molecule has 0 amide bonds. The first-order valence-electron chi connectivity index (χ1n) is 14.5. The van der Waals surface area contributed by atoms with Crippen LogP contribution < -0.4 is 0 Å². The Kier molecular flexibility index (Phi) is 7.90. The Hall–Kier alpha value is -2.72. The van der Waals surface area contributed by atoms with Gasteiger partial charge in [0.1, 0.15) is 0 Å². The van der Waals surface area contributed by atoms with Gasteiger partial charge >= 0.3 is 5.97 Å². The molecule has 0 bridgehead atoms. The van der Waals surface area contributed by atoms with Crippen LogP contribution >= 0.6 is 0 Å². The summed E-state index contributed by atoms with van der Waals surface area (Å²) in [4.78, 5) is 24.3. The van der Waals surface area contributed by atoms with Crippen molar-refractivity contribution >= 4 is 17.8 Å². The molecule has 0 saturated heterocycles. The fourth-order valence-corrected chi connectivity index (χ4v) is 7.83. The maximum atomic E-state index is 12.2. The first-order chi connectivity index (χ1) is 18.4. The van der Waals surface area contributed by atoms with E-state index in [2.05, 4.69) is 50.3 Å². The van der Waals surface area contributed by atoms with Crippen molar-refractivity contribution in [1.82, 2.24) is 0 Å². The summed E-state index contributed by atoms with van der Waals surface area (Å²) >= 11 is 0. The summed E-state index contributed by atoms with van der Waals surface area (Å²) in [5, 5.41) is 11.1. The van der Waals surface area contributed by atoms with Gasteiger partial charge in [0.2, 0.25) is 0 Å². The standard InChI is InChI=1S/C34H42O4/c1-4-5-8-24(33(37)38-3)9-6-7-22-10-12-23(13-11-22)29-21-34(2)30(18-19-31(34)36)28-16-14-25-20-26(35)15-17-27(25)32(28)29/h5-8,10-13,20,24,28-31,36H,4,9,14-19,21H2,1-3H3/b7-6+,8-5+. The highest BCUT2D eigenvalue weighted by atomic mass is 16.5. The molecule has 4 aliphatic carbocycles. The molecule has 4 heteroatoms. The molecule has 4 nitrogen and oxygen atoms in total. The largest absolute Gasteiger partial charge is 0.469 e. The van der Waals surface area contributed by atoms with E-state index >= 15 is 0 Å². The number of methoxy groups -OCH3 is 1. The number of rotatable bonds is 7. The van der Waals surface area contributed by atoms with Gasteiger partial charge in [-0.3, -0.25) is 9.59 Å². The minimum absolute atomic E-state index is 0.0570. The van der Waals surface area contributed by atoms with Crippen molar-refractivity contribution < 1.29 is 19.4 Å². The number of esters is 1. The van der Waals surface area contributed by atoms with Crippen LogP contribution in [0.3, 0.4) is 0 Å². The van der Waals surface area contributed by atoms with Crippen molar-refractivity contribution in [3.05, 3.63) is 76.4 Å². The van der Waals surface area contributed by atoms with E-state index in [0.717, 1.165) is 50.5 Å². The predicted octanol–water partition coefficient (Wildman–Crippen LogP) is 7.11. The second kappa shape index (κ2) is 11.2. The fourth-order valence-electron chi connectivity index (χ4n) is 7.83. The number of ketones is 1. The van der Waals surface area contributed by atoms with Gasteiger partial charge in [-0.1, -0.05) is 68.0 Å². The molecule has 1 N–H and O–H groups in total. The fraction of sp³-hybridized carbons (Fsp3) is 0.529. The van der Waals surface area contributed by atoms with Crippen LogP contribution in [0, 0.1) is 23.2 Å². The van der Waals surface area contributed by atoms with Gasteiger partial charge in [-0.25, -0.2) is 0 Å². The summed E-state index contributed by atoms with van der Waals surface area (Å²) < 4.78 is 4.96. The molecule has 1 aromatic rings. The highest BCUT2D eigenvalue weighted by molar-refractivity contribution is 5.93. The first kappa shape index (κ1) is 26.9. The number of carbonyl (C=O) groups excluding carboxylic acids is 2. The summed E-state index contributed by atoms with van der Waals surface area (Å²) in [7, 11) is 1.44. The van der Waals surface area contributed by atoms with Gasteiger partial charge in [-0.15, -0.1) is 0 Å². The van der Waals surface area contributed by atoms with Crippen molar-refractivity contribution in [2.24, 2.45) is 23.2 Å². The number of ether oxygens (including phenoxy) is 1. The van der Waals surface area contributed by atoms with Crippen LogP contribution in [0.15, 0.2) is 65.3 Å². The van der Waals surface area contributed by atoms with Crippen molar-refractivity contribution in [3.63, 3.8) is 0 Å². The maximum absolute atomic E-state index is 12.2. The molecule has 202 valence electrons. The van der Waals surface area contributed by atoms with Gasteiger partial charge in [0.05, 0.1) is 19.1 Å². The Bertz CT molecular complexity index is 1180. The average molecular weight is 515 g/mol. The monoisotopic (exact) mass is 514 g/mol. The molecule has 38 heavy (non-hydrogen) atoms. The van der Waals surface area contributed by atoms with E-state index in [1.807, 2.05) is 18.2 Å². The number of aliphatic hydroxyl groups excluding tert-OH is 1. The van der Waals surface area contributed by atoms with Crippen molar-refractivity contribution in [1.29, 1.82) is 0 Å². The number of allylic oxidation sites excluding steroid dienone is 6. The highest BCUT2D eigenvalue weighted by Crippen LogP contribution is 2.63. The third kappa shape index (κ3) is 5.00. The zero-order chi connectivity index (χ0) is 26.9. The number of aliphatic hydroxyl groups is 1. The minimum Gasteiger partial charge on any atom is -0.469 e. The molecular formula is C34H42O4. The Morgan fingerprint density at radius 3 is 2.66 bits per heavy atom. The van der Waals surface area contributed by atoms with Crippen LogP contribution in [0.25, 0.3) is 6.08 Å². The number of carbonyl (C=O) groups is 2. The number of benzene rings is 1. The predicted molar refractivity (Wildman–Crippen MR) is 151 cm³/mol. The van der Waals surface area contributed by atoms with Crippen LogP contribution in [-0.2, 0) is 14.3 Å². The molecule has 1 aromatic carbocycles. The summed E-state index contributed by atoms with van der Waals surface area (Å²) in [6, 6.07) is 8.84.